The zero-order valence-corrected chi connectivity index (χ0v) is 20.3. The predicted octanol–water partition coefficient (Wildman–Crippen LogP) is 2.59. The summed E-state index contributed by atoms with van der Waals surface area (Å²) < 4.78 is 26.0. The molecule has 0 saturated carbocycles. The molecule has 6 nitrogen and oxygen atoms in total. The molecule has 2 rings (SSSR count). The van der Waals surface area contributed by atoms with Crippen LogP contribution in [0.5, 0.6) is 0 Å². The van der Waals surface area contributed by atoms with Crippen molar-refractivity contribution in [1.29, 1.82) is 0 Å². The van der Waals surface area contributed by atoms with Gasteiger partial charge in [0.1, 0.15) is 13.2 Å². The van der Waals surface area contributed by atoms with E-state index in [0.717, 1.165) is 25.9 Å². The summed E-state index contributed by atoms with van der Waals surface area (Å²) in [6.07, 6.45) is 10.5. The maximum absolute atomic E-state index is 5.57. The van der Waals surface area contributed by atoms with Gasteiger partial charge in [0.25, 0.3) is 0 Å². The van der Waals surface area contributed by atoms with Crippen molar-refractivity contribution in [3.05, 3.63) is 60.2 Å². The molecule has 0 aliphatic heterocycles. The van der Waals surface area contributed by atoms with E-state index < -0.39 is 0 Å². The van der Waals surface area contributed by atoms with Gasteiger partial charge in [-0.2, -0.15) is 0 Å². The van der Waals surface area contributed by atoms with E-state index in [1.54, 1.807) is 0 Å². The van der Waals surface area contributed by atoms with Crippen LogP contribution in [0.3, 0.4) is 0 Å². The third-order valence-corrected chi connectivity index (χ3v) is 5.11. The second-order valence-electron chi connectivity index (χ2n) is 7.22. The molecule has 0 unspecified atom stereocenters. The molecular weight excluding hydrogens is 451 g/mol. The number of rotatable bonds is 19. The fourth-order valence-electron chi connectivity index (χ4n) is 2.99. The van der Waals surface area contributed by atoms with Crippen LogP contribution >= 0.6 is 23.2 Å². The lowest BCUT2D eigenvalue weighted by Crippen LogP contribution is -2.35. The zero-order chi connectivity index (χ0) is 22.7. The maximum atomic E-state index is 5.57. The average molecular weight is 487 g/mol. The Balaban J connectivity index is 1.58. The van der Waals surface area contributed by atoms with E-state index in [1.165, 1.54) is 11.1 Å². The van der Waals surface area contributed by atoms with Crippen LogP contribution in [-0.2, 0) is 44.9 Å². The standard InChI is InChI=1S/C24H36Cl2N2O4/c25-7-15-29-19-21-31-17-13-27-9-3-23(4-10-27)1-2-24-5-11-28(12-6-24)14-18-32-22-20-30-16-8-26/h3-6,9-12H,1-2,7-8,13-22H2/q+2. The fraction of sp³-hybridized carbons (Fsp3) is 0.583. The third kappa shape index (κ3) is 12.7. The van der Waals surface area contributed by atoms with Gasteiger partial charge < -0.3 is 18.9 Å². The molecule has 0 bridgehead atoms. The smallest absolute Gasteiger partial charge is 0.171 e. The topological polar surface area (TPSA) is 44.7 Å². The maximum Gasteiger partial charge on any atom is 0.171 e. The average Bonchev–Trinajstić information content (AvgIpc) is 2.83. The van der Waals surface area contributed by atoms with Crippen LogP contribution in [0.15, 0.2) is 49.1 Å². The number of aromatic nitrogens is 2. The SMILES string of the molecule is ClCCOCCOCC[n+]1ccc(CCc2cc[n+](CCOCCOCCCl)cc2)cc1. The number of ether oxygens (including phenoxy) is 4. The minimum Gasteiger partial charge on any atom is -0.378 e. The number of halogens is 2. The van der Waals surface area contributed by atoms with Gasteiger partial charge in [-0.05, 0) is 24.0 Å². The van der Waals surface area contributed by atoms with E-state index >= 15 is 0 Å². The first-order chi connectivity index (χ1) is 15.8. The van der Waals surface area contributed by atoms with Gasteiger partial charge >= 0.3 is 0 Å². The monoisotopic (exact) mass is 486 g/mol. The van der Waals surface area contributed by atoms with E-state index in [1.807, 2.05) is 0 Å². The molecule has 0 aromatic carbocycles. The van der Waals surface area contributed by atoms with E-state index in [-0.39, 0.29) is 0 Å². The van der Waals surface area contributed by atoms with Gasteiger partial charge in [0.15, 0.2) is 37.9 Å². The first-order valence-corrected chi connectivity index (χ1v) is 12.3. The number of hydrogen-bond donors (Lipinski definition) is 0. The molecular formula is C24H36Cl2N2O4+2. The summed E-state index contributed by atoms with van der Waals surface area (Å²) in [4.78, 5) is 0. The van der Waals surface area contributed by atoms with E-state index in [2.05, 4.69) is 58.2 Å². The quantitative estimate of drug-likeness (QED) is 0.174. The highest BCUT2D eigenvalue weighted by Crippen LogP contribution is 2.04. The molecule has 178 valence electrons. The molecule has 0 fully saturated rings. The molecule has 0 saturated heterocycles. The lowest BCUT2D eigenvalue weighted by Gasteiger charge is -2.04. The molecule has 0 N–H and O–H groups in total. The number of aryl methyl sites for hydroxylation is 2. The van der Waals surface area contributed by atoms with Crippen molar-refractivity contribution in [2.75, 3.05) is 64.6 Å². The molecule has 0 atom stereocenters. The second-order valence-corrected chi connectivity index (χ2v) is 7.97. The largest absolute Gasteiger partial charge is 0.378 e. The minimum atomic E-state index is 0.523. The molecule has 2 aromatic heterocycles. The third-order valence-electron chi connectivity index (χ3n) is 4.80. The van der Waals surface area contributed by atoms with Crippen molar-refractivity contribution in [2.45, 2.75) is 25.9 Å². The molecule has 0 spiro atoms. The molecule has 2 aromatic rings. The van der Waals surface area contributed by atoms with Crippen molar-refractivity contribution in [3.63, 3.8) is 0 Å². The van der Waals surface area contributed by atoms with Gasteiger partial charge in [-0.3, -0.25) is 0 Å². The number of alkyl halides is 2. The van der Waals surface area contributed by atoms with Crippen LogP contribution in [-0.4, -0.2) is 64.6 Å². The van der Waals surface area contributed by atoms with E-state index in [4.69, 9.17) is 42.1 Å². The summed E-state index contributed by atoms with van der Waals surface area (Å²) in [5.74, 6) is 1.05. The van der Waals surface area contributed by atoms with Gasteiger partial charge in [0.2, 0.25) is 0 Å². The molecule has 32 heavy (non-hydrogen) atoms. The van der Waals surface area contributed by atoms with Crippen LogP contribution in [0.1, 0.15) is 11.1 Å². The Morgan fingerprint density at radius 2 is 0.844 bits per heavy atom. The summed E-state index contributed by atoms with van der Waals surface area (Å²) in [5, 5.41) is 0. The molecule has 8 heteroatoms. The molecule has 0 radical (unpaired) electrons. The van der Waals surface area contributed by atoms with Crippen LogP contribution in [0.4, 0.5) is 0 Å². The van der Waals surface area contributed by atoms with Gasteiger partial charge in [-0.1, -0.05) is 0 Å². The van der Waals surface area contributed by atoms with Gasteiger partial charge in [-0.25, -0.2) is 9.13 Å². The minimum absolute atomic E-state index is 0.523. The van der Waals surface area contributed by atoms with Crippen LogP contribution in [0, 0.1) is 0 Å². The number of pyridine rings is 2. The van der Waals surface area contributed by atoms with Crippen LogP contribution < -0.4 is 9.13 Å². The van der Waals surface area contributed by atoms with Crippen molar-refractivity contribution >= 4 is 23.2 Å². The Labute approximate surface area is 202 Å². The predicted molar refractivity (Wildman–Crippen MR) is 125 cm³/mol. The second kappa shape index (κ2) is 18.2. The highest BCUT2D eigenvalue weighted by molar-refractivity contribution is 6.18. The summed E-state index contributed by atoms with van der Waals surface area (Å²) in [5.41, 5.74) is 2.66. The highest BCUT2D eigenvalue weighted by Gasteiger charge is 2.04. The van der Waals surface area contributed by atoms with Crippen LogP contribution in [0.2, 0.25) is 0 Å². The van der Waals surface area contributed by atoms with E-state index in [9.17, 15) is 0 Å². The van der Waals surface area contributed by atoms with Crippen molar-refractivity contribution < 1.29 is 28.1 Å². The summed E-state index contributed by atoms with van der Waals surface area (Å²) in [6, 6.07) is 8.73. The Kier molecular flexibility index (Phi) is 15.3. The summed E-state index contributed by atoms with van der Waals surface area (Å²) in [7, 11) is 0. The molecule has 0 amide bonds. The lowest BCUT2D eigenvalue weighted by molar-refractivity contribution is -0.698. The molecule has 0 aliphatic rings. The lowest BCUT2D eigenvalue weighted by atomic mass is 10.1. The summed E-state index contributed by atoms with van der Waals surface area (Å²) in [6.45, 7) is 6.54. The Morgan fingerprint density at radius 1 is 0.500 bits per heavy atom. The van der Waals surface area contributed by atoms with Crippen molar-refractivity contribution in [2.24, 2.45) is 0 Å². The van der Waals surface area contributed by atoms with Gasteiger partial charge in [0.05, 0.1) is 39.6 Å². The fourth-order valence-corrected chi connectivity index (χ4v) is 3.21. The van der Waals surface area contributed by atoms with Crippen LogP contribution in [0.25, 0.3) is 0 Å². The Hall–Kier alpha value is -1.28. The molecule has 0 aliphatic carbocycles. The van der Waals surface area contributed by atoms with Crippen molar-refractivity contribution in [3.8, 4) is 0 Å². The highest BCUT2D eigenvalue weighted by atomic mass is 35.5. The first-order valence-electron chi connectivity index (χ1n) is 11.2. The van der Waals surface area contributed by atoms with Gasteiger partial charge in [0, 0.05) is 36.0 Å². The number of hydrogen-bond acceptors (Lipinski definition) is 4. The Bertz CT molecular complexity index is 641. The van der Waals surface area contributed by atoms with Crippen molar-refractivity contribution in [1.82, 2.24) is 0 Å². The Morgan fingerprint density at radius 3 is 1.19 bits per heavy atom. The first kappa shape index (κ1) is 27.0. The zero-order valence-electron chi connectivity index (χ0n) is 18.8. The number of nitrogens with zero attached hydrogens (tertiary/aromatic N) is 2. The van der Waals surface area contributed by atoms with E-state index in [0.29, 0.717) is 64.6 Å². The normalized spacial score (nSPS) is 11.2. The van der Waals surface area contributed by atoms with Gasteiger partial charge in [-0.15, -0.1) is 23.2 Å². The summed E-state index contributed by atoms with van der Waals surface area (Å²) >= 11 is 11.1. The molecule has 2 heterocycles.